The second-order valence-electron chi connectivity index (χ2n) is 7.54. The van der Waals surface area contributed by atoms with E-state index in [0.29, 0.717) is 22.2 Å². The van der Waals surface area contributed by atoms with Gasteiger partial charge in [0.25, 0.3) is 0 Å². The minimum Gasteiger partial charge on any atom is -0.497 e. The van der Waals surface area contributed by atoms with E-state index in [1.54, 1.807) is 44.8 Å². The van der Waals surface area contributed by atoms with Crippen molar-refractivity contribution in [2.45, 2.75) is 25.3 Å². The van der Waals surface area contributed by atoms with Crippen LogP contribution in [0, 0.1) is 0 Å². The van der Waals surface area contributed by atoms with Crippen LogP contribution in [0.3, 0.4) is 0 Å². The van der Waals surface area contributed by atoms with Crippen molar-refractivity contribution in [2.24, 2.45) is 7.05 Å². The van der Waals surface area contributed by atoms with Gasteiger partial charge in [-0.1, -0.05) is 6.07 Å². The predicted octanol–water partition coefficient (Wildman–Crippen LogP) is 2.87. The van der Waals surface area contributed by atoms with E-state index in [1.165, 1.54) is 11.3 Å². The van der Waals surface area contributed by atoms with Crippen molar-refractivity contribution in [3.05, 3.63) is 64.4 Å². The Bertz CT molecular complexity index is 1100. The van der Waals surface area contributed by atoms with Crippen LogP contribution in [0.15, 0.2) is 48.1 Å². The van der Waals surface area contributed by atoms with Crippen molar-refractivity contribution in [1.29, 1.82) is 0 Å². The summed E-state index contributed by atoms with van der Waals surface area (Å²) in [7, 11) is 4.96. The maximum atomic E-state index is 12.7. The molecule has 9 nitrogen and oxygen atoms in total. The lowest BCUT2D eigenvalue weighted by atomic mass is 10.0. The number of rotatable bonds is 12. The summed E-state index contributed by atoms with van der Waals surface area (Å²) in [5.74, 6) is 1.23. The van der Waals surface area contributed by atoms with Gasteiger partial charge in [-0.3, -0.25) is 14.4 Å². The smallest absolute Gasteiger partial charge is 0.222 e. The molecule has 0 radical (unpaired) electrons. The summed E-state index contributed by atoms with van der Waals surface area (Å²) in [5, 5.41) is 7.51. The third-order valence-corrected chi connectivity index (χ3v) is 6.09. The summed E-state index contributed by atoms with van der Waals surface area (Å²) < 4.78 is 12.6. The van der Waals surface area contributed by atoms with Crippen molar-refractivity contribution in [1.82, 2.24) is 20.2 Å². The monoisotopic (exact) mass is 484 g/mol. The minimum atomic E-state index is -0.546. The number of carbonyl (C=O) groups excluding carboxylic acids is 3. The summed E-state index contributed by atoms with van der Waals surface area (Å²) in [6.07, 6.45) is 3.75. The van der Waals surface area contributed by atoms with Gasteiger partial charge in [-0.05, 0) is 29.1 Å². The van der Waals surface area contributed by atoms with E-state index in [4.69, 9.17) is 9.47 Å². The zero-order chi connectivity index (χ0) is 24.5. The highest BCUT2D eigenvalue weighted by Gasteiger charge is 2.22. The Kier molecular flexibility index (Phi) is 8.80. The van der Waals surface area contributed by atoms with E-state index in [-0.39, 0.29) is 43.4 Å². The first-order valence-corrected chi connectivity index (χ1v) is 11.6. The van der Waals surface area contributed by atoms with E-state index >= 15 is 0 Å². The van der Waals surface area contributed by atoms with Crippen molar-refractivity contribution in [3.8, 4) is 11.5 Å². The van der Waals surface area contributed by atoms with Gasteiger partial charge in [0.15, 0.2) is 5.78 Å². The Morgan fingerprint density at radius 3 is 2.38 bits per heavy atom. The lowest BCUT2D eigenvalue weighted by Crippen LogP contribution is -2.34. The van der Waals surface area contributed by atoms with Crippen LogP contribution in [0.4, 0.5) is 0 Å². The fourth-order valence-electron chi connectivity index (χ4n) is 3.37. The van der Waals surface area contributed by atoms with E-state index in [9.17, 15) is 14.4 Å². The number of carbonyl (C=O) groups is 3. The van der Waals surface area contributed by atoms with Crippen LogP contribution in [-0.4, -0.2) is 47.9 Å². The summed E-state index contributed by atoms with van der Waals surface area (Å²) in [5.41, 5.74) is 0.745. The summed E-state index contributed by atoms with van der Waals surface area (Å²) in [6.45, 7) is 0.159. The molecule has 0 spiro atoms. The number of hydrogen-bond donors (Lipinski definition) is 2. The molecule has 0 aliphatic rings. The fourth-order valence-corrected chi connectivity index (χ4v) is 4.07. The molecule has 1 aromatic carbocycles. The third kappa shape index (κ3) is 6.67. The number of aryl methyl sites for hydroxylation is 1. The highest BCUT2D eigenvalue weighted by atomic mass is 32.1. The molecule has 1 atom stereocenters. The van der Waals surface area contributed by atoms with Gasteiger partial charge >= 0.3 is 0 Å². The van der Waals surface area contributed by atoms with Gasteiger partial charge in [0, 0.05) is 51.3 Å². The van der Waals surface area contributed by atoms with E-state index in [1.807, 2.05) is 29.1 Å². The number of aromatic nitrogens is 2. The number of benzene rings is 1. The van der Waals surface area contributed by atoms with Crippen molar-refractivity contribution < 1.29 is 23.9 Å². The molecule has 0 aliphatic carbocycles. The van der Waals surface area contributed by atoms with E-state index in [2.05, 4.69) is 15.6 Å². The molecule has 180 valence electrons. The largest absolute Gasteiger partial charge is 0.497 e. The number of thiophene rings is 1. The van der Waals surface area contributed by atoms with Crippen LogP contribution in [0.5, 0.6) is 11.5 Å². The Hall–Kier alpha value is -3.66. The zero-order valence-electron chi connectivity index (χ0n) is 19.4. The van der Waals surface area contributed by atoms with E-state index < -0.39 is 6.04 Å². The molecule has 2 N–H and O–H groups in total. The maximum absolute atomic E-state index is 12.7. The highest BCUT2D eigenvalue weighted by molar-refractivity contribution is 7.12. The molecular formula is C24H28N4O5S. The summed E-state index contributed by atoms with van der Waals surface area (Å²) >= 11 is 1.36. The van der Waals surface area contributed by atoms with Gasteiger partial charge in [0.2, 0.25) is 11.8 Å². The second kappa shape index (κ2) is 12.0. The number of nitrogens with zero attached hydrogens (tertiary/aromatic N) is 2. The number of methoxy groups -OCH3 is 2. The van der Waals surface area contributed by atoms with Crippen LogP contribution in [0.2, 0.25) is 0 Å². The van der Waals surface area contributed by atoms with Crippen LogP contribution in [-0.2, 0) is 16.6 Å². The first kappa shape index (κ1) is 25.0. The Balaban J connectivity index is 1.58. The van der Waals surface area contributed by atoms with Crippen LogP contribution in [0.25, 0.3) is 0 Å². The van der Waals surface area contributed by atoms with Crippen molar-refractivity contribution in [3.63, 3.8) is 0 Å². The average Bonchev–Trinajstić information content (AvgIpc) is 3.53. The Morgan fingerprint density at radius 1 is 1.06 bits per heavy atom. The van der Waals surface area contributed by atoms with E-state index in [0.717, 1.165) is 5.56 Å². The molecule has 34 heavy (non-hydrogen) atoms. The Labute approximate surface area is 202 Å². The summed E-state index contributed by atoms with van der Waals surface area (Å²) in [6, 6.07) is 8.38. The molecule has 3 aromatic rings. The molecule has 3 rings (SSSR count). The molecule has 2 aromatic heterocycles. The number of nitrogens with one attached hydrogen (secondary N) is 2. The number of hydrogen-bond acceptors (Lipinski definition) is 7. The first-order chi connectivity index (χ1) is 16.4. The molecule has 0 fully saturated rings. The van der Waals surface area contributed by atoms with Gasteiger partial charge in [0.05, 0.1) is 19.1 Å². The minimum absolute atomic E-state index is 0.0606. The molecular weight excluding hydrogens is 456 g/mol. The number of ketones is 1. The number of imidazole rings is 1. The number of Topliss-reactive ketones (excluding diaryl/α,β-unsaturated/α-hetero) is 1. The normalized spacial score (nSPS) is 11.5. The van der Waals surface area contributed by atoms with Gasteiger partial charge in [-0.15, -0.1) is 11.3 Å². The van der Waals surface area contributed by atoms with Crippen LogP contribution in [0.1, 0.15) is 46.4 Å². The molecule has 2 amide bonds. The molecule has 0 saturated carbocycles. The molecule has 0 saturated heterocycles. The van der Waals surface area contributed by atoms with Crippen LogP contribution >= 0.6 is 11.3 Å². The molecule has 10 heteroatoms. The quantitative estimate of drug-likeness (QED) is 0.383. The molecule has 2 heterocycles. The number of ether oxygens (including phenoxy) is 2. The third-order valence-electron chi connectivity index (χ3n) is 5.18. The fraction of sp³-hybridized carbons (Fsp3) is 0.333. The molecule has 0 aliphatic heterocycles. The topological polar surface area (TPSA) is 112 Å². The molecule has 0 bridgehead atoms. The SMILES string of the molecule is COc1cc(OC)cc(C(NC(=O)CCNC(=O)CCC(=O)c2cccs2)c2nccn2C)c1. The zero-order valence-corrected chi connectivity index (χ0v) is 20.2. The number of amides is 2. The van der Waals surface area contributed by atoms with Crippen molar-refractivity contribution in [2.75, 3.05) is 20.8 Å². The van der Waals surface area contributed by atoms with Gasteiger partial charge in [0.1, 0.15) is 23.4 Å². The van der Waals surface area contributed by atoms with Gasteiger partial charge < -0.3 is 24.7 Å². The lowest BCUT2D eigenvalue weighted by Gasteiger charge is -2.20. The second-order valence-corrected chi connectivity index (χ2v) is 8.49. The van der Waals surface area contributed by atoms with Crippen LogP contribution < -0.4 is 20.1 Å². The lowest BCUT2D eigenvalue weighted by molar-refractivity contribution is -0.122. The standard InChI is InChI=1S/C24H28N4O5S/c1-28-11-10-26-24(28)23(16-13-17(32-2)15-18(14-16)33-3)27-22(31)8-9-25-21(30)7-6-19(29)20-5-4-12-34-20/h4-5,10-15,23H,6-9H2,1-3H3,(H,25,30)(H,27,31). The van der Waals surface area contributed by atoms with Crippen molar-refractivity contribution >= 4 is 28.9 Å². The molecule has 1 unspecified atom stereocenters. The summed E-state index contributed by atoms with van der Waals surface area (Å²) in [4.78, 5) is 41.9. The highest BCUT2D eigenvalue weighted by Crippen LogP contribution is 2.29. The van der Waals surface area contributed by atoms with Gasteiger partial charge in [-0.25, -0.2) is 4.98 Å². The first-order valence-electron chi connectivity index (χ1n) is 10.7. The maximum Gasteiger partial charge on any atom is 0.222 e. The average molecular weight is 485 g/mol. The Morgan fingerprint density at radius 2 is 1.79 bits per heavy atom. The predicted molar refractivity (Wildman–Crippen MR) is 128 cm³/mol. The van der Waals surface area contributed by atoms with Gasteiger partial charge in [-0.2, -0.15) is 0 Å².